The molecule has 0 aliphatic carbocycles. The van der Waals surface area contributed by atoms with Gasteiger partial charge in [0.25, 0.3) is 0 Å². The molecule has 2 nitrogen and oxygen atoms in total. The fourth-order valence-electron chi connectivity index (χ4n) is 0. The van der Waals surface area contributed by atoms with Gasteiger partial charge in [-0.15, -0.1) is 0 Å². The van der Waals surface area contributed by atoms with E-state index in [1.807, 2.05) is 0 Å². The number of hydrogen-bond acceptors (Lipinski definition) is 2. The Bertz CT molecular complexity index is 6.00. The van der Waals surface area contributed by atoms with Gasteiger partial charge in [-0.1, -0.05) is 7.43 Å². The van der Waals surface area contributed by atoms with E-state index in [-0.39, 0.29) is 56.1 Å². The van der Waals surface area contributed by atoms with Gasteiger partial charge >= 0.3 is 37.7 Å². The minimum Gasteiger partial charge on any atom is -0.870 e. The van der Waals surface area contributed by atoms with Gasteiger partial charge in [0.1, 0.15) is 0 Å². The molecule has 0 atom stereocenters. The summed E-state index contributed by atoms with van der Waals surface area (Å²) in [6, 6.07) is 0. The standard InChI is InChI=1S/CH4.Ca.2H2O/h1H4;;2*1H2/q;+2;;/p-2. The summed E-state index contributed by atoms with van der Waals surface area (Å²) < 4.78 is 0. The molecule has 0 heterocycles. The molecular weight excluding hydrogens is 84.1 g/mol. The van der Waals surface area contributed by atoms with Gasteiger partial charge in [-0.2, -0.15) is 0 Å². The second-order valence-electron chi connectivity index (χ2n) is 0. The number of hydrogen-bond donors (Lipinski definition) is 0. The summed E-state index contributed by atoms with van der Waals surface area (Å²) in [4.78, 5) is 0. The molecule has 0 aromatic carbocycles. The number of rotatable bonds is 0. The molecule has 0 radical (unpaired) electrons. The predicted octanol–water partition coefficient (Wildman–Crippen LogP) is -0.0983. The average Bonchev–Trinajstić information content (AvgIpc) is 0. The minimum atomic E-state index is 0. The van der Waals surface area contributed by atoms with Crippen LogP contribution >= 0.6 is 0 Å². The molecule has 24 valence electrons. The first-order valence-electron chi connectivity index (χ1n) is 0. The van der Waals surface area contributed by atoms with Gasteiger partial charge < -0.3 is 11.0 Å². The Kier molecular flexibility index (Phi) is 494. The Hall–Kier alpha value is 1.18. The third-order valence-electron chi connectivity index (χ3n) is 0. The van der Waals surface area contributed by atoms with Crippen molar-refractivity contribution in [1.82, 2.24) is 0 Å². The van der Waals surface area contributed by atoms with Crippen LogP contribution in [0.5, 0.6) is 0 Å². The maximum atomic E-state index is 0. The molecule has 0 aliphatic rings. The summed E-state index contributed by atoms with van der Waals surface area (Å²) >= 11 is 0. The fraction of sp³-hybridized carbons (Fsp3) is 1.00. The molecule has 0 unspecified atom stereocenters. The molecule has 0 bridgehead atoms. The van der Waals surface area contributed by atoms with Crippen LogP contribution in [-0.4, -0.2) is 48.7 Å². The van der Waals surface area contributed by atoms with Crippen LogP contribution in [0, 0.1) is 0 Å². The third kappa shape index (κ3) is 10.9. The second-order valence-corrected chi connectivity index (χ2v) is 0. The Balaban J connectivity index is 0. The van der Waals surface area contributed by atoms with Crippen LogP contribution in [0.4, 0.5) is 0 Å². The topological polar surface area (TPSA) is 60.0 Å². The zero-order chi connectivity index (χ0) is 0. The summed E-state index contributed by atoms with van der Waals surface area (Å²) in [6.07, 6.45) is 0. The van der Waals surface area contributed by atoms with Crippen LogP contribution in [0.3, 0.4) is 0 Å². The van der Waals surface area contributed by atoms with Crippen molar-refractivity contribution in [2.75, 3.05) is 0 Å². The molecule has 0 amide bonds. The molecule has 0 rings (SSSR count). The molecule has 2 N–H and O–H groups in total. The van der Waals surface area contributed by atoms with Crippen LogP contribution in [-0.2, 0) is 0 Å². The molecule has 4 heavy (non-hydrogen) atoms. The molecule has 0 saturated carbocycles. The van der Waals surface area contributed by atoms with Crippen LogP contribution in [0.15, 0.2) is 0 Å². The van der Waals surface area contributed by atoms with Crippen molar-refractivity contribution in [3.8, 4) is 0 Å². The van der Waals surface area contributed by atoms with Gasteiger partial charge in [0.05, 0.1) is 0 Å². The maximum Gasteiger partial charge on any atom is 2.00 e. The van der Waals surface area contributed by atoms with Crippen molar-refractivity contribution in [3.05, 3.63) is 0 Å². The first-order chi connectivity index (χ1) is 0. The Morgan fingerprint density at radius 2 is 0.750 bits per heavy atom. The van der Waals surface area contributed by atoms with Gasteiger partial charge in [-0.25, -0.2) is 0 Å². The molecule has 3 heteroatoms. The van der Waals surface area contributed by atoms with E-state index in [1.165, 1.54) is 0 Å². The maximum absolute atomic E-state index is 0. The van der Waals surface area contributed by atoms with E-state index < -0.39 is 0 Å². The van der Waals surface area contributed by atoms with E-state index >= 15 is 0 Å². The monoisotopic (exact) mass is 90.0 g/mol. The molecule has 0 spiro atoms. The summed E-state index contributed by atoms with van der Waals surface area (Å²) in [7, 11) is 0. The van der Waals surface area contributed by atoms with Crippen molar-refractivity contribution in [3.63, 3.8) is 0 Å². The summed E-state index contributed by atoms with van der Waals surface area (Å²) in [6.45, 7) is 0. The normalized spacial score (nSPS) is 0. The van der Waals surface area contributed by atoms with Gasteiger partial charge in [0, 0.05) is 0 Å². The SMILES string of the molecule is C.[Ca+2].[OH-].[OH-]. The van der Waals surface area contributed by atoms with Crippen LogP contribution < -0.4 is 0 Å². The van der Waals surface area contributed by atoms with Crippen molar-refractivity contribution >= 4 is 37.7 Å². The molecular formula is CH6CaO2. The minimum absolute atomic E-state index is 0. The van der Waals surface area contributed by atoms with Crippen LogP contribution in [0.25, 0.3) is 0 Å². The Morgan fingerprint density at radius 3 is 0.750 bits per heavy atom. The van der Waals surface area contributed by atoms with Crippen molar-refractivity contribution < 1.29 is 11.0 Å². The van der Waals surface area contributed by atoms with Gasteiger partial charge in [-0.05, 0) is 0 Å². The fourth-order valence-corrected chi connectivity index (χ4v) is 0. The molecule has 0 saturated heterocycles. The largest absolute Gasteiger partial charge is 2.00 e. The smallest absolute Gasteiger partial charge is 0.870 e. The first kappa shape index (κ1) is 65.0. The first-order valence-corrected chi connectivity index (χ1v) is 0. The third-order valence-corrected chi connectivity index (χ3v) is 0. The van der Waals surface area contributed by atoms with Gasteiger partial charge in [-0.3, -0.25) is 0 Å². The van der Waals surface area contributed by atoms with E-state index in [4.69, 9.17) is 0 Å². The zero-order valence-electron chi connectivity index (χ0n) is 1.60. The van der Waals surface area contributed by atoms with Crippen LogP contribution in [0.2, 0.25) is 0 Å². The Morgan fingerprint density at radius 1 is 0.750 bits per heavy atom. The summed E-state index contributed by atoms with van der Waals surface area (Å²) in [5.74, 6) is 0. The quantitative estimate of drug-likeness (QED) is 0.390. The van der Waals surface area contributed by atoms with E-state index in [1.54, 1.807) is 0 Å². The van der Waals surface area contributed by atoms with E-state index in [2.05, 4.69) is 0 Å². The van der Waals surface area contributed by atoms with E-state index in [9.17, 15) is 0 Å². The van der Waals surface area contributed by atoms with E-state index in [0.29, 0.717) is 0 Å². The Labute approximate surface area is 55.8 Å². The average molecular weight is 90.1 g/mol. The summed E-state index contributed by atoms with van der Waals surface area (Å²) in [5.41, 5.74) is 0. The van der Waals surface area contributed by atoms with Crippen molar-refractivity contribution in [2.45, 2.75) is 7.43 Å². The second kappa shape index (κ2) is 30.4. The predicted molar refractivity (Wildman–Crippen MR) is 16.4 cm³/mol. The van der Waals surface area contributed by atoms with E-state index in [0.717, 1.165) is 0 Å². The molecule has 0 aliphatic heterocycles. The van der Waals surface area contributed by atoms with Crippen LogP contribution in [0.1, 0.15) is 7.43 Å². The molecule has 0 aromatic heterocycles. The molecule has 0 aromatic rings. The molecule has 0 fully saturated rings. The van der Waals surface area contributed by atoms with Crippen molar-refractivity contribution in [2.24, 2.45) is 0 Å². The summed E-state index contributed by atoms with van der Waals surface area (Å²) in [5, 5.41) is 0. The zero-order valence-corrected chi connectivity index (χ0v) is 3.81. The van der Waals surface area contributed by atoms with Gasteiger partial charge in [0.2, 0.25) is 0 Å². The van der Waals surface area contributed by atoms with Crippen molar-refractivity contribution in [1.29, 1.82) is 0 Å². The van der Waals surface area contributed by atoms with Gasteiger partial charge in [0.15, 0.2) is 0 Å².